The molecule has 0 aromatic carbocycles. The first-order chi connectivity index (χ1) is 9.02. The van der Waals surface area contributed by atoms with Gasteiger partial charge in [-0.1, -0.05) is 0 Å². The second kappa shape index (κ2) is 5.75. The topological polar surface area (TPSA) is 90.3 Å². The molecule has 2 saturated heterocycles. The first-order valence-electron chi connectivity index (χ1n) is 6.48. The molecule has 0 saturated carbocycles. The minimum atomic E-state index is -1.06. The molecule has 7 heteroatoms. The number of nitrogens with zero attached hydrogens (tertiary/aromatic N) is 2. The fourth-order valence-electron chi connectivity index (χ4n) is 2.82. The quantitative estimate of drug-likeness (QED) is 0.729. The summed E-state index contributed by atoms with van der Waals surface area (Å²) in [6, 6.07) is -1.20. The number of aliphatic hydroxyl groups is 1. The van der Waals surface area contributed by atoms with E-state index in [0.29, 0.717) is 25.6 Å². The van der Waals surface area contributed by atoms with Crippen molar-refractivity contribution in [1.29, 1.82) is 0 Å². The standard InChI is InChI=1S/C12H20N2O5/c1-19-7-8-2-3-13(5-8)12(18)14-6-9(15)4-10(14)11(16)17/h8-10,15H,2-7H2,1H3,(H,16,17)/t8?,9-,10-/m0/s1. The van der Waals surface area contributed by atoms with E-state index in [4.69, 9.17) is 9.84 Å². The van der Waals surface area contributed by atoms with Crippen molar-refractivity contribution in [2.45, 2.75) is 25.0 Å². The summed E-state index contributed by atoms with van der Waals surface area (Å²) in [6.45, 7) is 1.91. The van der Waals surface area contributed by atoms with Gasteiger partial charge in [-0.2, -0.15) is 0 Å². The summed E-state index contributed by atoms with van der Waals surface area (Å²) >= 11 is 0. The summed E-state index contributed by atoms with van der Waals surface area (Å²) < 4.78 is 5.07. The smallest absolute Gasteiger partial charge is 0.326 e. The molecular weight excluding hydrogens is 252 g/mol. The third-order valence-corrected chi connectivity index (χ3v) is 3.77. The number of urea groups is 1. The van der Waals surface area contributed by atoms with Crippen molar-refractivity contribution in [1.82, 2.24) is 9.80 Å². The van der Waals surface area contributed by atoms with Crippen molar-refractivity contribution in [2.24, 2.45) is 5.92 Å². The van der Waals surface area contributed by atoms with Crippen molar-refractivity contribution >= 4 is 12.0 Å². The third kappa shape index (κ3) is 2.98. The van der Waals surface area contributed by atoms with Crippen molar-refractivity contribution in [3.63, 3.8) is 0 Å². The second-order valence-corrected chi connectivity index (χ2v) is 5.23. The lowest BCUT2D eigenvalue weighted by Gasteiger charge is -2.27. The number of carboxylic acid groups (broad SMARTS) is 1. The van der Waals surface area contributed by atoms with E-state index in [2.05, 4.69) is 0 Å². The summed E-state index contributed by atoms with van der Waals surface area (Å²) in [6.07, 6.45) is 0.229. The van der Waals surface area contributed by atoms with E-state index in [9.17, 15) is 14.7 Å². The molecule has 1 unspecified atom stereocenters. The summed E-state index contributed by atoms with van der Waals surface area (Å²) in [5.74, 6) is -0.748. The molecular formula is C12H20N2O5. The number of carbonyl (C=O) groups excluding carboxylic acids is 1. The zero-order chi connectivity index (χ0) is 14.0. The number of carbonyl (C=O) groups is 2. The number of aliphatic carboxylic acids is 1. The second-order valence-electron chi connectivity index (χ2n) is 5.23. The van der Waals surface area contributed by atoms with Crippen LogP contribution in [0.25, 0.3) is 0 Å². The Hall–Kier alpha value is -1.34. The van der Waals surface area contributed by atoms with E-state index in [0.717, 1.165) is 6.42 Å². The van der Waals surface area contributed by atoms with Gasteiger partial charge >= 0.3 is 12.0 Å². The predicted octanol–water partition coefficient (Wildman–Crippen LogP) is -0.405. The van der Waals surface area contributed by atoms with Gasteiger partial charge in [-0.25, -0.2) is 9.59 Å². The molecule has 2 N–H and O–H groups in total. The Morgan fingerprint density at radius 1 is 1.37 bits per heavy atom. The van der Waals surface area contributed by atoms with Crippen LogP contribution in [0.1, 0.15) is 12.8 Å². The van der Waals surface area contributed by atoms with Gasteiger partial charge in [0.05, 0.1) is 12.7 Å². The molecule has 2 fully saturated rings. The number of hydrogen-bond donors (Lipinski definition) is 2. The Morgan fingerprint density at radius 2 is 2.11 bits per heavy atom. The molecule has 0 spiro atoms. The molecule has 2 aliphatic rings. The maximum Gasteiger partial charge on any atom is 0.326 e. The van der Waals surface area contributed by atoms with Crippen LogP contribution in [0.5, 0.6) is 0 Å². The van der Waals surface area contributed by atoms with E-state index in [1.54, 1.807) is 12.0 Å². The van der Waals surface area contributed by atoms with Gasteiger partial charge in [0.1, 0.15) is 6.04 Å². The van der Waals surface area contributed by atoms with E-state index in [1.807, 2.05) is 0 Å². The summed E-state index contributed by atoms with van der Waals surface area (Å²) in [5.41, 5.74) is 0. The third-order valence-electron chi connectivity index (χ3n) is 3.77. The van der Waals surface area contributed by atoms with Crippen molar-refractivity contribution in [2.75, 3.05) is 33.4 Å². The monoisotopic (exact) mass is 272 g/mol. The average Bonchev–Trinajstić information content (AvgIpc) is 2.95. The summed E-state index contributed by atoms with van der Waals surface area (Å²) in [4.78, 5) is 26.3. The van der Waals surface area contributed by atoms with Crippen LogP contribution in [-0.2, 0) is 9.53 Å². The van der Waals surface area contributed by atoms with Crippen molar-refractivity contribution in [3.8, 4) is 0 Å². The lowest BCUT2D eigenvalue weighted by molar-refractivity contribution is -0.141. The molecule has 0 radical (unpaired) electrons. The highest BCUT2D eigenvalue weighted by atomic mass is 16.5. The molecule has 0 aliphatic carbocycles. The van der Waals surface area contributed by atoms with Crippen LogP contribution in [0.3, 0.4) is 0 Å². The minimum absolute atomic E-state index is 0.0985. The van der Waals surface area contributed by atoms with E-state index in [1.165, 1.54) is 4.90 Å². The van der Waals surface area contributed by atoms with E-state index >= 15 is 0 Å². The average molecular weight is 272 g/mol. The largest absolute Gasteiger partial charge is 0.480 e. The molecule has 108 valence electrons. The van der Waals surface area contributed by atoms with E-state index < -0.39 is 18.1 Å². The number of hydrogen-bond acceptors (Lipinski definition) is 4. The molecule has 0 bridgehead atoms. The van der Waals surface area contributed by atoms with E-state index in [-0.39, 0.29) is 19.0 Å². The van der Waals surface area contributed by atoms with Gasteiger partial charge in [0.2, 0.25) is 0 Å². The molecule has 2 heterocycles. The molecule has 3 atom stereocenters. The van der Waals surface area contributed by atoms with Crippen LogP contribution in [0, 0.1) is 5.92 Å². The van der Waals surface area contributed by atoms with Crippen LogP contribution in [-0.4, -0.2) is 77.5 Å². The van der Waals surface area contributed by atoms with Crippen LogP contribution in [0.2, 0.25) is 0 Å². The van der Waals surface area contributed by atoms with Gasteiger partial charge in [-0.05, 0) is 6.42 Å². The Balaban J connectivity index is 1.97. The highest BCUT2D eigenvalue weighted by Gasteiger charge is 2.41. The van der Waals surface area contributed by atoms with Gasteiger partial charge in [-0.3, -0.25) is 0 Å². The number of aliphatic hydroxyl groups excluding tert-OH is 1. The van der Waals surface area contributed by atoms with Crippen LogP contribution < -0.4 is 0 Å². The van der Waals surface area contributed by atoms with Crippen molar-refractivity contribution < 1.29 is 24.5 Å². The minimum Gasteiger partial charge on any atom is -0.480 e. The van der Waals surface area contributed by atoms with Crippen molar-refractivity contribution in [3.05, 3.63) is 0 Å². The number of ether oxygens (including phenoxy) is 1. The van der Waals surface area contributed by atoms with Gasteiger partial charge < -0.3 is 24.7 Å². The zero-order valence-electron chi connectivity index (χ0n) is 11.0. The normalized spacial score (nSPS) is 30.9. The predicted molar refractivity (Wildman–Crippen MR) is 65.7 cm³/mol. The van der Waals surface area contributed by atoms with Gasteiger partial charge in [0.25, 0.3) is 0 Å². The number of amides is 2. The summed E-state index contributed by atoms with van der Waals surface area (Å²) in [5, 5.41) is 18.6. The Labute approximate surface area is 111 Å². The van der Waals surface area contributed by atoms with Gasteiger partial charge in [0.15, 0.2) is 0 Å². The summed E-state index contributed by atoms with van der Waals surface area (Å²) in [7, 11) is 1.63. The lowest BCUT2D eigenvalue weighted by atomic mass is 10.1. The van der Waals surface area contributed by atoms with Crippen LogP contribution in [0.15, 0.2) is 0 Å². The van der Waals surface area contributed by atoms with Gasteiger partial charge in [0, 0.05) is 39.1 Å². The van der Waals surface area contributed by atoms with Crippen LogP contribution >= 0.6 is 0 Å². The lowest BCUT2D eigenvalue weighted by Crippen LogP contribution is -2.47. The molecule has 2 aliphatic heterocycles. The Kier molecular flexibility index (Phi) is 4.26. The molecule has 2 amide bonds. The maximum atomic E-state index is 12.3. The first kappa shape index (κ1) is 14.1. The molecule has 0 aromatic heterocycles. The molecule has 19 heavy (non-hydrogen) atoms. The maximum absolute atomic E-state index is 12.3. The number of carboxylic acids is 1. The number of rotatable bonds is 3. The highest BCUT2D eigenvalue weighted by Crippen LogP contribution is 2.23. The number of likely N-dealkylation sites (tertiary alicyclic amines) is 2. The SMILES string of the molecule is COCC1CCN(C(=O)N2C[C@@H](O)C[C@H]2C(=O)O)C1. The van der Waals surface area contributed by atoms with Gasteiger partial charge in [-0.15, -0.1) is 0 Å². The fourth-order valence-corrected chi connectivity index (χ4v) is 2.82. The number of methoxy groups -OCH3 is 1. The Bertz CT molecular complexity index is 362. The molecule has 0 aromatic rings. The molecule has 7 nitrogen and oxygen atoms in total. The highest BCUT2D eigenvalue weighted by molar-refractivity contribution is 5.83. The fraction of sp³-hybridized carbons (Fsp3) is 0.833. The Morgan fingerprint density at radius 3 is 2.74 bits per heavy atom. The zero-order valence-corrected chi connectivity index (χ0v) is 11.0. The molecule has 2 rings (SSSR count). The van der Waals surface area contributed by atoms with Crippen LogP contribution in [0.4, 0.5) is 4.79 Å². The first-order valence-corrected chi connectivity index (χ1v) is 6.48. The number of β-amino-alcohol motifs (C(OH)–C–C–N with tert-alkyl or cyclic N) is 1.